The van der Waals surface area contributed by atoms with Gasteiger partial charge in [0, 0.05) is 17.8 Å². The maximum atomic E-state index is 13.5. The monoisotopic (exact) mass is 497 g/mol. The molecule has 0 aromatic heterocycles. The molecule has 0 saturated carbocycles. The summed E-state index contributed by atoms with van der Waals surface area (Å²) in [7, 11) is 0. The summed E-state index contributed by atoms with van der Waals surface area (Å²) in [6.45, 7) is 0.458. The minimum atomic E-state index is -0.772. The van der Waals surface area contributed by atoms with Crippen molar-refractivity contribution in [2.45, 2.75) is 6.42 Å². The van der Waals surface area contributed by atoms with Crippen LogP contribution in [0.15, 0.2) is 83.5 Å². The molecule has 0 aliphatic carbocycles. The van der Waals surface area contributed by atoms with Crippen molar-refractivity contribution < 1.29 is 18.8 Å². The van der Waals surface area contributed by atoms with Gasteiger partial charge in [-0.2, -0.15) is 0 Å². The highest BCUT2D eigenvalue weighted by Crippen LogP contribution is 2.32. The van der Waals surface area contributed by atoms with E-state index < -0.39 is 17.6 Å². The largest absolute Gasteiger partial charge is 0.352 e. The fourth-order valence-corrected chi connectivity index (χ4v) is 3.81. The smallest absolute Gasteiger partial charge is 0.283 e. The lowest BCUT2D eigenvalue weighted by Crippen LogP contribution is -2.32. The van der Waals surface area contributed by atoms with Crippen LogP contribution < -0.4 is 15.5 Å². The zero-order chi connectivity index (χ0) is 24.2. The second-order valence-corrected chi connectivity index (χ2v) is 8.22. The molecule has 0 bridgehead atoms. The Balaban J connectivity index is 1.45. The molecule has 3 aromatic rings. The van der Waals surface area contributed by atoms with Gasteiger partial charge in [0.15, 0.2) is 0 Å². The van der Waals surface area contributed by atoms with Crippen molar-refractivity contribution in [3.05, 3.63) is 105 Å². The standard InChI is InChI=1S/C25H18Cl2FN3O3/c26-19-14-18(9-10-20(19)28)31-24(33)21(27)22(25(31)34)30-17-8-4-7-16(13-17)23(32)29-12-11-15-5-2-1-3-6-15/h1-10,13-14,30H,11-12H2,(H,29,32). The second kappa shape index (κ2) is 10.1. The molecule has 0 radical (unpaired) electrons. The molecule has 1 aliphatic rings. The van der Waals surface area contributed by atoms with Crippen LogP contribution in [0.3, 0.4) is 0 Å². The van der Waals surface area contributed by atoms with Crippen LogP contribution >= 0.6 is 23.2 Å². The summed E-state index contributed by atoms with van der Waals surface area (Å²) in [6.07, 6.45) is 0.687. The van der Waals surface area contributed by atoms with Gasteiger partial charge in [0.05, 0.1) is 10.7 Å². The SMILES string of the molecule is O=C(NCCc1ccccc1)c1cccc(NC2=C(Cl)C(=O)N(c3ccc(F)c(Cl)c3)C2=O)c1. The fourth-order valence-electron chi connectivity index (χ4n) is 3.42. The Hall–Kier alpha value is -3.68. The van der Waals surface area contributed by atoms with Crippen molar-refractivity contribution in [3.63, 3.8) is 0 Å². The van der Waals surface area contributed by atoms with Gasteiger partial charge < -0.3 is 10.6 Å². The molecule has 4 rings (SSSR count). The number of carbonyl (C=O) groups excluding carboxylic acids is 3. The zero-order valence-electron chi connectivity index (χ0n) is 17.6. The molecule has 1 aliphatic heterocycles. The number of rotatable bonds is 7. The topological polar surface area (TPSA) is 78.5 Å². The van der Waals surface area contributed by atoms with Crippen LogP contribution in [0.4, 0.5) is 15.8 Å². The predicted octanol–water partition coefficient (Wildman–Crippen LogP) is 4.89. The molecular formula is C25H18Cl2FN3O3. The van der Waals surface area contributed by atoms with E-state index in [1.165, 1.54) is 12.1 Å². The third kappa shape index (κ3) is 4.95. The van der Waals surface area contributed by atoms with Crippen molar-refractivity contribution in [1.29, 1.82) is 0 Å². The lowest BCUT2D eigenvalue weighted by atomic mass is 10.1. The quantitative estimate of drug-likeness (QED) is 0.455. The minimum Gasteiger partial charge on any atom is -0.352 e. The van der Waals surface area contributed by atoms with Crippen LogP contribution in [0.5, 0.6) is 0 Å². The van der Waals surface area contributed by atoms with E-state index in [1.54, 1.807) is 24.3 Å². The Morgan fingerprint density at radius 1 is 0.912 bits per heavy atom. The molecular weight excluding hydrogens is 480 g/mol. The van der Waals surface area contributed by atoms with Gasteiger partial charge in [0.2, 0.25) is 0 Å². The number of carbonyl (C=O) groups is 3. The van der Waals surface area contributed by atoms with Gasteiger partial charge in [-0.15, -0.1) is 0 Å². The van der Waals surface area contributed by atoms with Crippen molar-refractivity contribution >= 4 is 52.3 Å². The van der Waals surface area contributed by atoms with Gasteiger partial charge in [-0.25, -0.2) is 9.29 Å². The zero-order valence-corrected chi connectivity index (χ0v) is 19.2. The Morgan fingerprint density at radius 3 is 2.41 bits per heavy atom. The Bertz CT molecular complexity index is 1310. The van der Waals surface area contributed by atoms with E-state index >= 15 is 0 Å². The van der Waals surface area contributed by atoms with Crippen molar-refractivity contribution in [1.82, 2.24) is 5.32 Å². The number of halogens is 3. The molecule has 0 spiro atoms. The third-order valence-corrected chi connectivity index (χ3v) is 5.77. The average molecular weight is 498 g/mol. The lowest BCUT2D eigenvalue weighted by molar-refractivity contribution is -0.120. The van der Waals surface area contributed by atoms with Gasteiger partial charge in [0.25, 0.3) is 17.7 Å². The van der Waals surface area contributed by atoms with E-state index in [0.29, 0.717) is 24.2 Å². The fraction of sp³-hybridized carbons (Fsp3) is 0.0800. The summed E-state index contributed by atoms with van der Waals surface area (Å²) < 4.78 is 13.5. The summed E-state index contributed by atoms with van der Waals surface area (Å²) in [5, 5.41) is 5.11. The first kappa shape index (κ1) is 23.5. The summed E-state index contributed by atoms with van der Waals surface area (Å²) in [5.74, 6) is -2.46. The Kier molecular flexibility index (Phi) is 6.95. The molecule has 6 nitrogen and oxygen atoms in total. The van der Waals surface area contributed by atoms with E-state index in [2.05, 4.69) is 10.6 Å². The van der Waals surface area contributed by atoms with Crippen molar-refractivity contribution in [2.24, 2.45) is 0 Å². The summed E-state index contributed by atoms with van der Waals surface area (Å²) in [5.41, 5.74) is 1.80. The summed E-state index contributed by atoms with van der Waals surface area (Å²) >= 11 is 11.9. The number of amides is 3. The summed E-state index contributed by atoms with van der Waals surface area (Å²) in [4.78, 5) is 38.9. The van der Waals surface area contributed by atoms with E-state index in [-0.39, 0.29) is 27.3 Å². The molecule has 172 valence electrons. The number of benzene rings is 3. The first-order chi connectivity index (χ1) is 16.3. The molecule has 1 heterocycles. The van der Waals surface area contributed by atoms with Gasteiger partial charge in [-0.1, -0.05) is 59.6 Å². The van der Waals surface area contributed by atoms with Crippen molar-refractivity contribution in [2.75, 3.05) is 16.8 Å². The Labute approximate surface area is 205 Å². The Morgan fingerprint density at radius 2 is 1.68 bits per heavy atom. The maximum Gasteiger partial charge on any atom is 0.283 e. The molecule has 0 unspecified atom stereocenters. The van der Waals surface area contributed by atoms with E-state index in [4.69, 9.17) is 23.2 Å². The number of imide groups is 1. The number of anilines is 2. The van der Waals surface area contributed by atoms with Gasteiger partial charge >= 0.3 is 0 Å². The van der Waals surface area contributed by atoms with Crippen LogP contribution in [0.2, 0.25) is 5.02 Å². The van der Waals surface area contributed by atoms with E-state index in [0.717, 1.165) is 16.5 Å². The first-order valence-corrected chi connectivity index (χ1v) is 11.0. The van der Waals surface area contributed by atoms with Gasteiger partial charge in [-0.05, 0) is 48.4 Å². The van der Waals surface area contributed by atoms with Crippen LogP contribution in [-0.4, -0.2) is 24.3 Å². The number of hydrogen-bond donors (Lipinski definition) is 2. The van der Waals surface area contributed by atoms with Crippen molar-refractivity contribution in [3.8, 4) is 0 Å². The normalized spacial score (nSPS) is 13.4. The highest BCUT2D eigenvalue weighted by atomic mass is 35.5. The highest BCUT2D eigenvalue weighted by molar-refractivity contribution is 6.53. The first-order valence-electron chi connectivity index (χ1n) is 10.3. The molecule has 2 N–H and O–H groups in total. The minimum absolute atomic E-state index is 0.0860. The summed E-state index contributed by atoms with van der Waals surface area (Å²) in [6, 6.07) is 19.7. The lowest BCUT2D eigenvalue weighted by Gasteiger charge is -2.15. The van der Waals surface area contributed by atoms with E-state index in [9.17, 15) is 18.8 Å². The molecule has 3 amide bonds. The van der Waals surface area contributed by atoms with Crippen LogP contribution in [0.1, 0.15) is 15.9 Å². The predicted molar refractivity (Wildman–Crippen MR) is 129 cm³/mol. The average Bonchev–Trinajstić information content (AvgIpc) is 3.05. The van der Waals surface area contributed by atoms with Gasteiger partial charge in [0.1, 0.15) is 16.5 Å². The molecule has 34 heavy (non-hydrogen) atoms. The number of nitrogens with zero attached hydrogens (tertiary/aromatic N) is 1. The molecule has 0 saturated heterocycles. The van der Waals surface area contributed by atoms with Crippen LogP contribution in [0.25, 0.3) is 0 Å². The molecule has 3 aromatic carbocycles. The van der Waals surface area contributed by atoms with E-state index in [1.807, 2.05) is 30.3 Å². The van der Waals surface area contributed by atoms with Crippen LogP contribution in [-0.2, 0) is 16.0 Å². The molecule has 9 heteroatoms. The van der Waals surface area contributed by atoms with Gasteiger partial charge in [-0.3, -0.25) is 14.4 Å². The third-order valence-electron chi connectivity index (χ3n) is 5.12. The highest BCUT2D eigenvalue weighted by Gasteiger charge is 2.39. The maximum absolute atomic E-state index is 13.5. The van der Waals surface area contributed by atoms with Crippen LogP contribution in [0, 0.1) is 5.82 Å². The second-order valence-electron chi connectivity index (χ2n) is 7.43. The number of hydrogen-bond acceptors (Lipinski definition) is 4. The number of nitrogens with one attached hydrogen (secondary N) is 2. The molecule has 0 fully saturated rings. The molecule has 0 atom stereocenters.